The number of nitrogens with one attached hydrogen (secondary N) is 2. The van der Waals surface area contributed by atoms with Gasteiger partial charge in [0.05, 0.1) is 19.7 Å². The van der Waals surface area contributed by atoms with Gasteiger partial charge in [-0.2, -0.15) is 0 Å². The van der Waals surface area contributed by atoms with E-state index in [1.54, 1.807) is 19.4 Å². The average molecular weight is 423 g/mol. The fraction of sp³-hybridized carbons (Fsp3) is 0.333. The molecule has 6 nitrogen and oxygen atoms in total. The van der Waals surface area contributed by atoms with Gasteiger partial charge in [0.2, 0.25) is 5.91 Å². The monoisotopic (exact) mass is 422 g/mol. The molecule has 4 rings (SSSR count). The molecule has 2 heterocycles. The van der Waals surface area contributed by atoms with Crippen LogP contribution in [0.25, 0.3) is 0 Å². The number of carbonyl (C=O) groups excluding carboxylic acids is 1. The summed E-state index contributed by atoms with van der Waals surface area (Å²) < 4.78 is 21.4. The van der Waals surface area contributed by atoms with Gasteiger partial charge in [-0.25, -0.2) is 9.37 Å². The van der Waals surface area contributed by atoms with Crippen molar-refractivity contribution in [3.05, 3.63) is 83.2 Å². The highest BCUT2D eigenvalue weighted by Gasteiger charge is 2.29. The predicted molar refractivity (Wildman–Crippen MR) is 116 cm³/mol. The van der Waals surface area contributed by atoms with Crippen LogP contribution in [0.3, 0.4) is 0 Å². The summed E-state index contributed by atoms with van der Waals surface area (Å²) in [5.41, 5.74) is 2.96. The van der Waals surface area contributed by atoms with E-state index in [-0.39, 0.29) is 23.8 Å². The van der Waals surface area contributed by atoms with Crippen LogP contribution in [0.2, 0.25) is 0 Å². The number of piperidine rings is 1. The van der Waals surface area contributed by atoms with Crippen molar-refractivity contribution < 1.29 is 13.9 Å². The molecule has 2 atom stereocenters. The minimum Gasteiger partial charge on any atom is -0.496 e. The molecule has 0 spiro atoms. The Balaban J connectivity index is 1.50. The second-order valence-electron chi connectivity index (χ2n) is 7.87. The van der Waals surface area contributed by atoms with Crippen molar-refractivity contribution >= 4 is 5.91 Å². The first-order valence-electron chi connectivity index (χ1n) is 10.4. The predicted octanol–water partition coefficient (Wildman–Crippen LogP) is 3.50. The molecule has 0 radical (unpaired) electrons. The lowest BCUT2D eigenvalue weighted by atomic mass is 9.91. The third-order valence-corrected chi connectivity index (χ3v) is 5.79. The molecule has 1 aliphatic heterocycles. The van der Waals surface area contributed by atoms with Crippen molar-refractivity contribution in [2.45, 2.75) is 44.9 Å². The van der Waals surface area contributed by atoms with Gasteiger partial charge in [0.25, 0.3) is 0 Å². The summed E-state index contributed by atoms with van der Waals surface area (Å²) in [7, 11) is 1.67. The molecule has 1 fully saturated rings. The molecule has 0 bridgehead atoms. The third kappa shape index (κ3) is 4.94. The van der Waals surface area contributed by atoms with Crippen LogP contribution in [0.1, 0.15) is 41.4 Å². The van der Waals surface area contributed by atoms with Crippen molar-refractivity contribution in [3.8, 4) is 5.75 Å². The average Bonchev–Trinajstić information content (AvgIpc) is 3.17. The number of aromatic nitrogens is 2. The van der Waals surface area contributed by atoms with Crippen molar-refractivity contribution in [1.82, 2.24) is 20.2 Å². The SMILES string of the molecule is COc1ccc(CN[C@@H]2CCC(=O)N[C@H]2c2cccc(F)c2)cc1Cn1ccnc1C. The number of benzene rings is 2. The highest BCUT2D eigenvalue weighted by molar-refractivity contribution is 5.77. The van der Waals surface area contributed by atoms with E-state index in [4.69, 9.17) is 4.74 Å². The quantitative estimate of drug-likeness (QED) is 0.612. The van der Waals surface area contributed by atoms with Gasteiger partial charge in [-0.1, -0.05) is 18.2 Å². The van der Waals surface area contributed by atoms with Crippen LogP contribution in [-0.4, -0.2) is 28.6 Å². The number of ether oxygens (including phenoxy) is 1. The minimum absolute atomic E-state index is 0.00486. The van der Waals surface area contributed by atoms with E-state index >= 15 is 0 Å². The Labute approximate surface area is 181 Å². The molecular formula is C24H27FN4O2. The van der Waals surface area contributed by atoms with E-state index in [2.05, 4.69) is 26.3 Å². The fourth-order valence-corrected chi connectivity index (χ4v) is 4.10. The number of hydrogen-bond donors (Lipinski definition) is 2. The van der Waals surface area contributed by atoms with E-state index in [0.717, 1.165) is 28.3 Å². The first kappa shape index (κ1) is 21.1. The van der Waals surface area contributed by atoms with Crippen LogP contribution in [-0.2, 0) is 17.9 Å². The van der Waals surface area contributed by atoms with Gasteiger partial charge in [0.1, 0.15) is 17.4 Å². The molecular weight excluding hydrogens is 395 g/mol. The zero-order chi connectivity index (χ0) is 21.8. The Bertz CT molecular complexity index is 1070. The van der Waals surface area contributed by atoms with Crippen LogP contribution in [0.5, 0.6) is 5.75 Å². The number of amides is 1. The molecule has 0 aliphatic carbocycles. The Morgan fingerprint density at radius 2 is 2.16 bits per heavy atom. The zero-order valence-corrected chi connectivity index (χ0v) is 17.8. The van der Waals surface area contributed by atoms with Crippen molar-refractivity contribution in [2.24, 2.45) is 0 Å². The van der Waals surface area contributed by atoms with Gasteiger partial charge in [0.15, 0.2) is 0 Å². The summed E-state index contributed by atoms with van der Waals surface area (Å²) in [5.74, 6) is 1.47. The topological polar surface area (TPSA) is 68.2 Å². The van der Waals surface area contributed by atoms with Crippen LogP contribution in [0.15, 0.2) is 54.9 Å². The molecule has 0 unspecified atom stereocenters. The lowest BCUT2D eigenvalue weighted by Crippen LogP contribution is -2.48. The maximum Gasteiger partial charge on any atom is 0.220 e. The number of halogens is 1. The van der Waals surface area contributed by atoms with Gasteiger partial charge < -0.3 is 19.9 Å². The molecule has 1 aliphatic rings. The van der Waals surface area contributed by atoms with E-state index in [1.807, 2.05) is 31.3 Å². The standard InChI is InChI=1S/C24H27FN4O2/c1-16-26-10-11-29(16)15-19-12-17(6-8-22(19)31-2)14-27-21-7-9-23(30)28-24(21)18-4-3-5-20(25)13-18/h3-6,8,10-13,21,24,27H,7,9,14-15H2,1-2H3,(H,28,30)/t21-,24+/m1/s1. The molecule has 2 aromatic carbocycles. The van der Waals surface area contributed by atoms with E-state index in [1.165, 1.54) is 12.1 Å². The van der Waals surface area contributed by atoms with Crippen LogP contribution in [0, 0.1) is 12.7 Å². The van der Waals surface area contributed by atoms with Crippen molar-refractivity contribution in [3.63, 3.8) is 0 Å². The van der Waals surface area contributed by atoms with E-state index in [0.29, 0.717) is 25.9 Å². The van der Waals surface area contributed by atoms with Crippen molar-refractivity contribution in [2.75, 3.05) is 7.11 Å². The Hall–Kier alpha value is -3.19. The van der Waals surface area contributed by atoms with Crippen molar-refractivity contribution in [1.29, 1.82) is 0 Å². The summed E-state index contributed by atoms with van der Waals surface area (Å²) in [4.78, 5) is 16.3. The first-order valence-corrected chi connectivity index (χ1v) is 10.4. The summed E-state index contributed by atoms with van der Waals surface area (Å²) in [6.07, 6.45) is 4.90. The third-order valence-electron chi connectivity index (χ3n) is 5.79. The molecule has 7 heteroatoms. The molecule has 1 aromatic heterocycles. The Morgan fingerprint density at radius 3 is 2.90 bits per heavy atom. The van der Waals surface area contributed by atoms with Gasteiger partial charge in [-0.15, -0.1) is 0 Å². The molecule has 1 saturated heterocycles. The largest absolute Gasteiger partial charge is 0.496 e. The molecule has 1 amide bonds. The van der Waals surface area contributed by atoms with Crippen LogP contribution < -0.4 is 15.4 Å². The van der Waals surface area contributed by atoms with Gasteiger partial charge in [0, 0.05) is 37.0 Å². The fourth-order valence-electron chi connectivity index (χ4n) is 4.10. The lowest BCUT2D eigenvalue weighted by molar-refractivity contribution is -0.123. The van der Waals surface area contributed by atoms with Crippen LogP contribution >= 0.6 is 0 Å². The maximum absolute atomic E-state index is 13.7. The number of methoxy groups -OCH3 is 1. The summed E-state index contributed by atoms with van der Waals surface area (Å²) in [6.45, 7) is 3.28. The van der Waals surface area contributed by atoms with E-state index < -0.39 is 0 Å². The maximum atomic E-state index is 13.7. The zero-order valence-electron chi connectivity index (χ0n) is 17.8. The summed E-state index contributed by atoms with van der Waals surface area (Å²) in [5, 5.41) is 6.58. The lowest BCUT2D eigenvalue weighted by Gasteiger charge is -2.33. The van der Waals surface area contributed by atoms with E-state index in [9.17, 15) is 9.18 Å². The number of imidazole rings is 1. The Morgan fingerprint density at radius 1 is 1.29 bits per heavy atom. The second kappa shape index (κ2) is 9.31. The van der Waals surface area contributed by atoms with Gasteiger partial charge in [-0.05, 0) is 48.7 Å². The first-order chi connectivity index (χ1) is 15.0. The number of nitrogens with zero attached hydrogens (tertiary/aromatic N) is 2. The van der Waals surface area contributed by atoms with Crippen LogP contribution in [0.4, 0.5) is 4.39 Å². The normalized spacial score (nSPS) is 18.6. The molecule has 31 heavy (non-hydrogen) atoms. The molecule has 2 N–H and O–H groups in total. The molecule has 3 aromatic rings. The van der Waals surface area contributed by atoms with Gasteiger partial charge >= 0.3 is 0 Å². The summed E-state index contributed by atoms with van der Waals surface area (Å²) >= 11 is 0. The molecule has 0 saturated carbocycles. The summed E-state index contributed by atoms with van der Waals surface area (Å²) in [6, 6.07) is 12.3. The highest BCUT2D eigenvalue weighted by Crippen LogP contribution is 2.26. The number of rotatable bonds is 7. The number of aryl methyl sites for hydroxylation is 1. The number of carbonyl (C=O) groups is 1. The second-order valence-corrected chi connectivity index (χ2v) is 7.87. The Kier molecular flexibility index (Phi) is 6.32. The molecule has 162 valence electrons. The highest BCUT2D eigenvalue weighted by atomic mass is 19.1. The smallest absolute Gasteiger partial charge is 0.220 e. The van der Waals surface area contributed by atoms with Gasteiger partial charge in [-0.3, -0.25) is 4.79 Å². The minimum atomic E-state index is -0.300. The number of hydrogen-bond acceptors (Lipinski definition) is 4.